The molecule has 0 bridgehead atoms. The Labute approximate surface area is 118 Å². The number of carbonyl (C=O) groups excluding carboxylic acids is 1. The van der Waals surface area contributed by atoms with E-state index in [1.165, 1.54) is 4.88 Å². The average molecular weight is 273 g/mol. The van der Waals surface area contributed by atoms with Crippen LogP contribution in [0.1, 0.15) is 27.0 Å². The van der Waals surface area contributed by atoms with Crippen LogP contribution in [0.5, 0.6) is 0 Å². The third-order valence-electron chi connectivity index (χ3n) is 3.11. The molecule has 0 aliphatic rings. The van der Waals surface area contributed by atoms with E-state index in [1.807, 2.05) is 43.3 Å². The zero-order valence-electron chi connectivity index (χ0n) is 11.6. The predicted octanol–water partition coefficient (Wildman–Crippen LogP) is 3.80. The van der Waals surface area contributed by atoms with Gasteiger partial charge in [0.25, 0.3) is 0 Å². The summed E-state index contributed by atoms with van der Waals surface area (Å²) in [6.45, 7) is 2.14. The molecule has 2 rings (SSSR count). The van der Waals surface area contributed by atoms with Gasteiger partial charge in [-0.1, -0.05) is 6.92 Å². The quantitative estimate of drug-likeness (QED) is 0.772. The zero-order chi connectivity index (χ0) is 13.8. The zero-order valence-corrected chi connectivity index (χ0v) is 12.5. The summed E-state index contributed by atoms with van der Waals surface area (Å²) in [5.41, 5.74) is 1.90. The van der Waals surface area contributed by atoms with Crippen molar-refractivity contribution in [1.82, 2.24) is 0 Å². The Kier molecular flexibility index (Phi) is 4.38. The Balaban J connectivity index is 2.07. The smallest absolute Gasteiger partial charge is 0.168 e. The number of anilines is 1. The SMILES string of the molecule is CCc1ccc(CC(=O)c2ccc(N(C)C)cc2)s1. The standard InChI is InChI=1S/C16H19NOS/c1-4-14-9-10-15(19-14)11-16(18)12-5-7-13(8-6-12)17(2)3/h5-10H,4,11H2,1-3H3. The first-order valence-electron chi connectivity index (χ1n) is 6.48. The summed E-state index contributed by atoms with van der Waals surface area (Å²) in [5, 5.41) is 0. The van der Waals surface area contributed by atoms with E-state index < -0.39 is 0 Å². The van der Waals surface area contributed by atoms with Crippen molar-refractivity contribution in [2.75, 3.05) is 19.0 Å². The highest BCUT2D eigenvalue weighted by molar-refractivity contribution is 7.12. The topological polar surface area (TPSA) is 20.3 Å². The van der Waals surface area contributed by atoms with Gasteiger partial charge in [0, 0.05) is 41.5 Å². The molecule has 1 aromatic heterocycles. The van der Waals surface area contributed by atoms with Crippen LogP contribution in [0.15, 0.2) is 36.4 Å². The maximum Gasteiger partial charge on any atom is 0.168 e. The van der Waals surface area contributed by atoms with Gasteiger partial charge in [0.15, 0.2) is 5.78 Å². The number of Topliss-reactive ketones (excluding diaryl/α,β-unsaturated/α-hetero) is 1. The monoisotopic (exact) mass is 273 g/mol. The lowest BCUT2D eigenvalue weighted by Crippen LogP contribution is -2.09. The fourth-order valence-corrected chi connectivity index (χ4v) is 2.87. The van der Waals surface area contributed by atoms with Gasteiger partial charge in [-0.05, 0) is 42.8 Å². The van der Waals surface area contributed by atoms with Gasteiger partial charge in [-0.3, -0.25) is 4.79 Å². The van der Waals surface area contributed by atoms with Crippen LogP contribution < -0.4 is 4.90 Å². The Morgan fingerprint density at radius 1 is 1.05 bits per heavy atom. The number of hydrogen-bond donors (Lipinski definition) is 0. The highest BCUT2D eigenvalue weighted by atomic mass is 32.1. The molecule has 3 heteroatoms. The van der Waals surface area contributed by atoms with Crippen molar-refractivity contribution < 1.29 is 4.79 Å². The molecule has 1 heterocycles. The molecular formula is C16H19NOS. The molecule has 0 unspecified atom stereocenters. The fraction of sp³-hybridized carbons (Fsp3) is 0.312. The Hall–Kier alpha value is -1.61. The first-order chi connectivity index (χ1) is 9.10. The van der Waals surface area contributed by atoms with Gasteiger partial charge in [0.1, 0.15) is 0 Å². The van der Waals surface area contributed by atoms with Gasteiger partial charge < -0.3 is 4.90 Å². The molecule has 0 saturated heterocycles. The van der Waals surface area contributed by atoms with Gasteiger partial charge in [0.2, 0.25) is 0 Å². The summed E-state index contributed by atoms with van der Waals surface area (Å²) in [5.74, 6) is 0.190. The van der Waals surface area contributed by atoms with E-state index in [-0.39, 0.29) is 5.78 Å². The number of aryl methyl sites for hydroxylation is 1. The summed E-state index contributed by atoms with van der Waals surface area (Å²) in [6, 6.07) is 12.0. The predicted molar refractivity (Wildman–Crippen MR) is 82.5 cm³/mol. The summed E-state index contributed by atoms with van der Waals surface area (Å²) >= 11 is 1.73. The van der Waals surface area contributed by atoms with Crippen molar-refractivity contribution in [3.8, 4) is 0 Å². The van der Waals surface area contributed by atoms with Crippen LogP contribution in [-0.2, 0) is 12.8 Å². The van der Waals surface area contributed by atoms with Crippen molar-refractivity contribution in [3.63, 3.8) is 0 Å². The van der Waals surface area contributed by atoms with E-state index in [9.17, 15) is 4.79 Å². The number of ketones is 1. The van der Waals surface area contributed by atoms with E-state index in [4.69, 9.17) is 0 Å². The molecule has 0 spiro atoms. The lowest BCUT2D eigenvalue weighted by molar-refractivity contribution is 0.0994. The maximum atomic E-state index is 12.2. The molecule has 1 aromatic carbocycles. The largest absolute Gasteiger partial charge is 0.378 e. The lowest BCUT2D eigenvalue weighted by atomic mass is 10.1. The van der Waals surface area contributed by atoms with Gasteiger partial charge >= 0.3 is 0 Å². The summed E-state index contributed by atoms with van der Waals surface area (Å²) in [7, 11) is 3.99. The van der Waals surface area contributed by atoms with Crippen molar-refractivity contribution >= 4 is 22.8 Å². The highest BCUT2D eigenvalue weighted by Gasteiger charge is 2.09. The molecule has 19 heavy (non-hydrogen) atoms. The molecule has 0 fully saturated rings. The number of thiophene rings is 1. The third-order valence-corrected chi connectivity index (χ3v) is 4.34. The second kappa shape index (κ2) is 6.02. The summed E-state index contributed by atoms with van der Waals surface area (Å²) < 4.78 is 0. The minimum Gasteiger partial charge on any atom is -0.378 e. The minimum absolute atomic E-state index is 0.190. The van der Waals surface area contributed by atoms with E-state index in [0.29, 0.717) is 6.42 Å². The van der Waals surface area contributed by atoms with E-state index in [1.54, 1.807) is 11.3 Å². The van der Waals surface area contributed by atoms with Gasteiger partial charge in [-0.15, -0.1) is 11.3 Å². The third kappa shape index (κ3) is 3.44. The molecule has 0 radical (unpaired) electrons. The number of carbonyl (C=O) groups is 1. The number of hydrogen-bond acceptors (Lipinski definition) is 3. The Morgan fingerprint density at radius 2 is 1.68 bits per heavy atom. The van der Waals surface area contributed by atoms with Gasteiger partial charge in [-0.2, -0.15) is 0 Å². The van der Waals surface area contributed by atoms with Crippen molar-refractivity contribution in [2.24, 2.45) is 0 Å². The molecule has 0 N–H and O–H groups in total. The molecule has 2 nitrogen and oxygen atoms in total. The Morgan fingerprint density at radius 3 is 2.21 bits per heavy atom. The molecule has 0 aliphatic carbocycles. The fourth-order valence-electron chi connectivity index (χ4n) is 1.91. The van der Waals surface area contributed by atoms with Gasteiger partial charge in [-0.25, -0.2) is 0 Å². The van der Waals surface area contributed by atoms with Crippen molar-refractivity contribution in [2.45, 2.75) is 19.8 Å². The highest BCUT2D eigenvalue weighted by Crippen LogP contribution is 2.20. The first-order valence-corrected chi connectivity index (χ1v) is 7.30. The van der Waals surface area contributed by atoms with E-state index in [0.717, 1.165) is 22.5 Å². The molecule has 0 atom stereocenters. The maximum absolute atomic E-state index is 12.2. The molecule has 2 aromatic rings. The van der Waals surface area contributed by atoms with Crippen LogP contribution in [0.4, 0.5) is 5.69 Å². The molecule has 0 saturated carbocycles. The van der Waals surface area contributed by atoms with E-state index >= 15 is 0 Å². The molecule has 0 amide bonds. The van der Waals surface area contributed by atoms with Crippen molar-refractivity contribution in [3.05, 3.63) is 51.7 Å². The second-order valence-corrected chi connectivity index (χ2v) is 6.02. The van der Waals surface area contributed by atoms with Crippen LogP contribution in [0.3, 0.4) is 0 Å². The normalized spacial score (nSPS) is 10.5. The van der Waals surface area contributed by atoms with Crippen LogP contribution in [0.25, 0.3) is 0 Å². The molecule has 0 aliphatic heterocycles. The van der Waals surface area contributed by atoms with Crippen LogP contribution in [0, 0.1) is 0 Å². The Bertz CT molecular complexity index is 554. The molecule has 100 valence electrons. The second-order valence-electron chi connectivity index (χ2n) is 4.76. The number of benzene rings is 1. The molecular weight excluding hydrogens is 254 g/mol. The average Bonchev–Trinajstić information content (AvgIpc) is 2.86. The minimum atomic E-state index is 0.190. The first kappa shape index (κ1) is 13.8. The van der Waals surface area contributed by atoms with Gasteiger partial charge in [0.05, 0.1) is 0 Å². The summed E-state index contributed by atoms with van der Waals surface area (Å²) in [6.07, 6.45) is 1.54. The number of nitrogens with zero attached hydrogens (tertiary/aromatic N) is 1. The summed E-state index contributed by atoms with van der Waals surface area (Å²) in [4.78, 5) is 16.7. The van der Waals surface area contributed by atoms with Crippen molar-refractivity contribution in [1.29, 1.82) is 0 Å². The van der Waals surface area contributed by atoms with E-state index in [2.05, 4.69) is 19.1 Å². The van der Waals surface area contributed by atoms with Crippen LogP contribution in [-0.4, -0.2) is 19.9 Å². The van der Waals surface area contributed by atoms with Crippen LogP contribution >= 0.6 is 11.3 Å². The number of rotatable bonds is 5. The lowest BCUT2D eigenvalue weighted by Gasteiger charge is -2.12. The van der Waals surface area contributed by atoms with Crippen LogP contribution in [0.2, 0.25) is 0 Å².